The van der Waals surface area contributed by atoms with Crippen molar-refractivity contribution in [3.05, 3.63) is 56.3 Å². The Bertz CT molecular complexity index is 874. The Morgan fingerprint density at radius 1 is 1.27 bits per heavy atom. The highest BCUT2D eigenvalue weighted by atomic mass is 35.5. The van der Waals surface area contributed by atoms with Gasteiger partial charge in [-0.1, -0.05) is 23.2 Å². The fraction of sp³-hybridized carbons (Fsp3) is 0.133. The Hall–Kier alpha value is -2.91. The van der Waals surface area contributed by atoms with Crippen molar-refractivity contribution in [1.82, 2.24) is 4.98 Å². The third kappa shape index (κ3) is 4.80. The first-order valence-corrected chi connectivity index (χ1v) is 7.69. The predicted octanol–water partition coefficient (Wildman–Crippen LogP) is 3.10. The molecular weight excluding hydrogens is 389 g/mol. The fourth-order valence-corrected chi connectivity index (χ4v) is 2.17. The van der Waals surface area contributed by atoms with Gasteiger partial charge in [0.1, 0.15) is 16.6 Å². The maximum absolute atomic E-state index is 11.9. The van der Waals surface area contributed by atoms with E-state index >= 15 is 0 Å². The summed E-state index contributed by atoms with van der Waals surface area (Å²) in [6.07, 6.45) is 0. The van der Waals surface area contributed by atoms with Crippen LogP contribution in [0.25, 0.3) is 0 Å². The largest absolute Gasteiger partial charge is 0.496 e. The zero-order valence-corrected chi connectivity index (χ0v) is 14.7. The van der Waals surface area contributed by atoms with Crippen LogP contribution in [0.2, 0.25) is 10.2 Å². The van der Waals surface area contributed by atoms with Gasteiger partial charge in [-0.15, -0.1) is 0 Å². The second kappa shape index (κ2) is 8.45. The fourth-order valence-electron chi connectivity index (χ4n) is 1.84. The molecule has 2 rings (SSSR count). The van der Waals surface area contributed by atoms with Gasteiger partial charge in [0.25, 0.3) is 11.6 Å². The first-order chi connectivity index (χ1) is 12.3. The highest BCUT2D eigenvalue weighted by Gasteiger charge is 2.19. The second-order valence-corrected chi connectivity index (χ2v) is 5.52. The summed E-state index contributed by atoms with van der Waals surface area (Å²) in [6, 6.07) is 6.62. The smallest absolute Gasteiger partial charge is 0.359 e. The minimum absolute atomic E-state index is 0.00519. The molecule has 0 spiro atoms. The third-order valence-electron chi connectivity index (χ3n) is 3.02. The van der Waals surface area contributed by atoms with E-state index in [2.05, 4.69) is 10.3 Å². The molecule has 2 aromatic rings. The van der Waals surface area contributed by atoms with Gasteiger partial charge in [-0.25, -0.2) is 9.78 Å². The zero-order chi connectivity index (χ0) is 19.3. The van der Waals surface area contributed by atoms with Crippen LogP contribution in [0.1, 0.15) is 10.5 Å². The van der Waals surface area contributed by atoms with Gasteiger partial charge in [-0.3, -0.25) is 14.9 Å². The van der Waals surface area contributed by atoms with E-state index in [9.17, 15) is 19.7 Å². The van der Waals surface area contributed by atoms with Crippen molar-refractivity contribution in [2.75, 3.05) is 19.0 Å². The Kier molecular flexibility index (Phi) is 6.31. The van der Waals surface area contributed by atoms with Crippen molar-refractivity contribution in [2.45, 2.75) is 0 Å². The standard InChI is InChI=1S/C15H11Cl2N3O6/c1-25-8-2-4-10(11(6-8)20(23)24)18-13(21)7-26-15(22)14-9(16)3-5-12(17)19-14/h2-6H,7H2,1H3,(H,18,21). The number of nitrogens with one attached hydrogen (secondary N) is 1. The lowest BCUT2D eigenvalue weighted by molar-refractivity contribution is -0.384. The van der Waals surface area contributed by atoms with E-state index in [-0.39, 0.29) is 33.0 Å². The van der Waals surface area contributed by atoms with Gasteiger partial charge in [0.05, 0.1) is 23.1 Å². The van der Waals surface area contributed by atoms with E-state index in [0.29, 0.717) is 0 Å². The van der Waals surface area contributed by atoms with Crippen LogP contribution in [0.4, 0.5) is 11.4 Å². The molecule has 136 valence electrons. The quantitative estimate of drug-likeness (QED) is 0.342. The minimum Gasteiger partial charge on any atom is -0.496 e. The van der Waals surface area contributed by atoms with Crippen molar-refractivity contribution in [2.24, 2.45) is 0 Å². The number of anilines is 1. The SMILES string of the molecule is COc1ccc(NC(=O)COC(=O)c2nc(Cl)ccc2Cl)c([N+](=O)[O-])c1. The van der Waals surface area contributed by atoms with Gasteiger partial charge in [0.15, 0.2) is 12.3 Å². The molecule has 0 radical (unpaired) electrons. The molecular formula is C15H11Cl2N3O6. The molecule has 0 saturated carbocycles. The number of hydrogen-bond acceptors (Lipinski definition) is 7. The first-order valence-electron chi connectivity index (χ1n) is 6.93. The second-order valence-electron chi connectivity index (χ2n) is 4.73. The van der Waals surface area contributed by atoms with Gasteiger partial charge in [0.2, 0.25) is 0 Å². The zero-order valence-electron chi connectivity index (χ0n) is 13.2. The minimum atomic E-state index is -0.961. The lowest BCUT2D eigenvalue weighted by Gasteiger charge is -2.08. The van der Waals surface area contributed by atoms with Crippen LogP contribution in [0.5, 0.6) is 5.75 Å². The van der Waals surface area contributed by atoms with E-state index in [1.54, 1.807) is 0 Å². The van der Waals surface area contributed by atoms with E-state index in [0.717, 1.165) is 6.07 Å². The Balaban J connectivity index is 2.04. The summed E-state index contributed by atoms with van der Waals surface area (Å²) in [7, 11) is 1.35. The Morgan fingerprint density at radius 2 is 2.00 bits per heavy atom. The lowest BCUT2D eigenvalue weighted by Crippen LogP contribution is -2.22. The highest BCUT2D eigenvalue weighted by Crippen LogP contribution is 2.28. The van der Waals surface area contributed by atoms with Gasteiger partial charge in [-0.2, -0.15) is 0 Å². The van der Waals surface area contributed by atoms with Crippen LogP contribution in [0, 0.1) is 10.1 Å². The number of nitro benzene ring substituents is 1. The predicted molar refractivity (Wildman–Crippen MR) is 92.8 cm³/mol. The monoisotopic (exact) mass is 399 g/mol. The van der Waals surface area contributed by atoms with Gasteiger partial charge < -0.3 is 14.8 Å². The molecule has 1 amide bonds. The van der Waals surface area contributed by atoms with Crippen LogP contribution in [-0.4, -0.2) is 35.5 Å². The summed E-state index contributed by atoms with van der Waals surface area (Å²) in [5.74, 6) is -1.50. The molecule has 1 aromatic heterocycles. The van der Waals surface area contributed by atoms with Crippen LogP contribution < -0.4 is 10.1 Å². The van der Waals surface area contributed by atoms with Crippen molar-refractivity contribution in [3.63, 3.8) is 0 Å². The number of esters is 1. The number of benzene rings is 1. The van der Waals surface area contributed by atoms with Crippen molar-refractivity contribution in [1.29, 1.82) is 0 Å². The number of carbonyl (C=O) groups excluding carboxylic acids is 2. The third-order valence-corrected chi connectivity index (χ3v) is 3.53. The van der Waals surface area contributed by atoms with Gasteiger partial charge in [0, 0.05) is 0 Å². The van der Waals surface area contributed by atoms with E-state index in [1.165, 1.54) is 31.4 Å². The van der Waals surface area contributed by atoms with Crippen molar-refractivity contribution in [3.8, 4) is 5.75 Å². The van der Waals surface area contributed by atoms with Crippen LogP contribution in [0.3, 0.4) is 0 Å². The number of halogens is 2. The number of aromatic nitrogens is 1. The topological polar surface area (TPSA) is 121 Å². The Labute approximate surface area is 157 Å². The molecule has 1 aromatic carbocycles. The molecule has 9 nitrogen and oxygen atoms in total. The molecule has 0 aliphatic heterocycles. The Morgan fingerprint density at radius 3 is 2.65 bits per heavy atom. The van der Waals surface area contributed by atoms with Crippen molar-refractivity contribution >= 4 is 46.5 Å². The normalized spacial score (nSPS) is 10.1. The summed E-state index contributed by atoms with van der Waals surface area (Å²) in [5, 5.41) is 13.4. The molecule has 26 heavy (non-hydrogen) atoms. The number of nitrogens with zero attached hydrogens (tertiary/aromatic N) is 2. The number of pyridine rings is 1. The molecule has 0 atom stereocenters. The van der Waals surface area contributed by atoms with Crippen LogP contribution >= 0.6 is 23.2 Å². The number of methoxy groups -OCH3 is 1. The van der Waals surface area contributed by atoms with Crippen molar-refractivity contribution < 1.29 is 24.0 Å². The van der Waals surface area contributed by atoms with Crippen LogP contribution in [-0.2, 0) is 9.53 Å². The number of hydrogen-bond donors (Lipinski definition) is 1. The molecule has 1 N–H and O–H groups in total. The van der Waals surface area contributed by atoms with Gasteiger partial charge in [-0.05, 0) is 24.3 Å². The summed E-state index contributed by atoms with van der Waals surface area (Å²) >= 11 is 11.5. The molecule has 0 unspecified atom stereocenters. The number of rotatable bonds is 6. The summed E-state index contributed by atoms with van der Waals surface area (Å²) in [6.45, 7) is -0.702. The maximum Gasteiger partial charge on any atom is 0.359 e. The number of carbonyl (C=O) groups is 2. The first kappa shape index (κ1) is 19.4. The average molecular weight is 400 g/mol. The summed E-state index contributed by atoms with van der Waals surface area (Å²) in [4.78, 5) is 37.9. The maximum atomic E-state index is 11.9. The molecule has 0 aliphatic rings. The molecule has 11 heteroatoms. The van der Waals surface area contributed by atoms with Crippen LogP contribution in [0.15, 0.2) is 30.3 Å². The molecule has 0 fully saturated rings. The van der Waals surface area contributed by atoms with E-state index in [1.807, 2.05) is 0 Å². The number of amides is 1. The summed E-state index contributed by atoms with van der Waals surface area (Å²) in [5.41, 5.74) is -0.693. The van der Waals surface area contributed by atoms with E-state index < -0.39 is 23.4 Å². The molecule has 0 aliphatic carbocycles. The summed E-state index contributed by atoms with van der Waals surface area (Å²) < 4.78 is 9.69. The van der Waals surface area contributed by atoms with Gasteiger partial charge >= 0.3 is 5.97 Å². The molecule has 1 heterocycles. The van der Waals surface area contributed by atoms with E-state index in [4.69, 9.17) is 32.7 Å². The molecule has 0 saturated heterocycles. The number of ether oxygens (including phenoxy) is 2. The highest BCUT2D eigenvalue weighted by molar-refractivity contribution is 6.34. The average Bonchev–Trinajstić information content (AvgIpc) is 2.61. The lowest BCUT2D eigenvalue weighted by atomic mass is 10.2. The number of nitro groups is 1. The molecule has 0 bridgehead atoms.